The second-order valence-corrected chi connectivity index (χ2v) is 4.92. The monoisotopic (exact) mass is 248 g/mol. The summed E-state index contributed by atoms with van der Waals surface area (Å²) in [6.07, 6.45) is 0.735. The van der Waals surface area contributed by atoms with Crippen molar-refractivity contribution in [1.82, 2.24) is 4.90 Å². The lowest BCUT2D eigenvalue weighted by atomic mass is 9.92. The number of likely N-dealkylation sites (N-methyl/N-ethyl adjacent to an activating group) is 1. The van der Waals surface area contributed by atoms with Crippen LogP contribution in [0, 0.1) is 0 Å². The lowest BCUT2D eigenvalue weighted by molar-refractivity contribution is -0.132. The quantitative estimate of drug-likeness (QED) is 0.878. The van der Waals surface area contributed by atoms with Gasteiger partial charge in [-0.2, -0.15) is 0 Å². The lowest BCUT2D eigenvalue weighted by Gasteiger charge is -2.29. The van der Waals surface area contributed by atoms with E-state index in [0.29, 0.717) is 13.2 Å². The van der Waals surface area contributed by atoms with E-state index in [-0.39, 0.29) is 17.9 Å². The van der Waals surface area contributed by atoms with Gasteiger partial charge in [0.05, 0.1) is 12.5 Å². The zero-order valence-corrected chi connectivity index (χ0v) is 10.9. The van der Waals surface area contributed by atoms with Gasteiger partial charge in [0, 0.05) is 25.2 Å². The number of carbonyl (C=O) groups excluding carboxylic acids is 1. The van der Waals surface area contributed by atoms with Crippen LogP contribution in [0.4, 0.5) is 0 Å². The Balaban J connectivity index is 2.17. The third-order valence-electron chi connectivity index (χ3n) is 3.19. The Hall–Kier alpha value is -1.55. The number of carbonyl (C=O) groups is 1. The molecule has 1 heterocycles. The van der Waals surface area contributed by atoms with E-state index in [1.807, 2.05) is 38.2 Å². The standard InChI is InChI=1S/C14H20N2O2/c1-10(15)9-16(2)14(17)12-7-8-18-13-6-4-3-5-11(12)13/h3-6,10,12H,7-9,15H2,1-2H3. The van der Waals surface area contributed by atoms with Crippen molar-refractivity contribution >= 4 is 5.91 Å². The number of nitrogens with two attached hydrogens (primary N) is 1. The molecule has 0 radical (unpaired) electrons. The van der Waals surface area contributed by atoms with Crippen LogP contribution >= 0.6 is 0 Å². The summed E-state index contributed by atoms with van der Waals surface area (Å²) in [7, 11) is 1.81. The van der Waals surface area contributed by atoms with Gasteiger partial charge in [-0.05, 0) is 19.4 Å². The van der Waals surface area contributed by atoms with E-state index in [1.54, 1.807) is 4.90 Å². The molecule has 2 unspecified atom stereocenters. The summed E-state index contributed by atoms with van der Waals surface area (Å²) in [5.41, 5.74) is 6.73. The van der Waals surface area contributed by atoms with Crippen LogP contribution in [0.3, 0.4) is 0 Å². The molecule has 18 heavy (non-hydrogen) atoms. The maximum atomic E-state index is 12.4. The summed E-state index contributed by atoms with van der Waals surface area (Å²) >= 11 is 0. The van der Waals surface area contributed by atoms with Gasteiger partial charge in [-0.15, -0.1) is 0 Å². The molecule has 0 fully saturated rings. The number of fused-ring (bicyclic) bond motifs is 1. The van der Waals surface area contributed by atoms with Crippen molar-refractivity contribution in [2.45, 2.75) is 25.3 Å². The summed E-state index contributed by atoms with van der Waals surface area (Å²) in [4.78, 5) is 14.1. The fourth-order valence-electron chi connectivity index (χ4n) is 2.39. The van der Waals surface area contributed by atoms with E-state index in [9.17, 15) is 4.79 Å². The minimum absolute atomic E-state index is 0.00552. The number of ether oxygens (including phenoxy) is 1. The van der Waals surface area contributed by atoms with Crippen LogP contribution in [-0.4, -0.2) is 37.0 Å². The summed E-state index contributed by atoms with van der Waals surface area (Å²) in [5, 5.41) is 0. The van der Waals surface area contributed by atoms with Crippen LogP contribution < -0.4 is 10.5 Å². The van der Waals surface area contributed by atoms with Crippen LogP contribution in [-0.2, 0) is 4.79 Å². The van der Waals surface area contributed by atoms with Gasteiger partial charge in [0.15, 0.2) is 0 Å². The summed E-state index contributed by atoms with van der Waals surface area (Å²) in [5.74, 6) is 0.859. The lowest BCUT2D eigenvalue weighted by Crippen LogP contribution is -2.40. The third-order valence-corrected chi connectivity index (χ3v) is 3.19. The number of para-hydroxylation sites is 1. The molecule has 1 amide bonds. The minimum Gasteiger partial charge on any atom is -0.493 e. The van der Waals surface area contributed by atoms with Gasteiger partial charge in [-0.1, -0.05) is 18.2 Å². The van der Waals surface area contributed by atoms with Crippen molar-refractivity contribution in [1.29, 1.82) is 0 Å². The molecule has 1 aromatic rings. The highest BCUT2D eigenvalue weighted by Crippen LogP contribution is 2.34. The Morgan fingerprint density at radius 2 is 2.28 bits per heavy atom. The number of hydrogen-bond acceptors (Lipinski definition) is 3. The van der Waals surface area contributed by atoms with Gasteiger partial charge >= 0.3 is 0 Å². The van der Waals surface area contributed by atoms with E-state index < -0.39 is 0 Å². The highest BCUT2D eigenvalue weighted by atomic mass is 16.5. The maximum Gasteiger partial charge on any atom is 0.230 e. The molecule has 0 saturated heterocycles. The number of nitrogens with zero attached hydrogens (tertiary/aromatic N) is 1. The summed E-state index contributed by atoms with van der Waals surface area (Å²) in [6.45, 7) is 3.08. The second kappa shape index (κ2) is 5.40. The first-order valence-electron chi connectivity index (χ1n) is 6.32. The normalized spacial score (nSPS) is 19.6. The Morgan fingerprint density at radius 1 is 1.56 bits per heavy atom. The van der Waals surface area contributed by atoms with Crippen LogP contribution in [0.15, 0.2) is 24.3 Å². The fraction of sp³-hybridized carbons (Fsp3) is 0.500. The topological polar surface area (TPSA) is 55.6 Å². The first kappa shape index (κ1) is 12.9. The first-order valence-corrected chi connectivity index (χ1v) is 6.32. The second-order valence-electron chi connectivity index (χ2n) is 4.92. The number of rotatable bonds is 3. The highest BCUT2D eigenvalue weighted by Gasteiger charge is 2.29. The molecule has 0 bridgehead atoms. The van der Waals surface area contributed by atoms with E-state index >= 15 is 0 Å². The molecule has 0 aliphatic carbocycles. The molecule has 1 aliphatic heterocycles. The van der Waals surface area contributed by atoms with Crippen LogP contribution in [0.2, 0.25) is 0 Å². The molecule has 0 aromatic heterocycles. The van der Waals surface area contributed by atoms with Crippen molar-refractivity contribution in [3.63, 3.8) is 0 Å². The fourth-order valence-corrected chi connectivity index (χ4v) is 2.39. The van der Waals surface area contributed by atoms with Gasteiger partial charge in [-0.3, -0.25) is 4.79 Å². The highest BCUT2D eigenvalue weighted by molar-refractivity contribution is 5.84. The smallest absolute Gasteiger partial charge is 0.230 e. The molecule has 2 rings (SSSR count). The van der Waals surface area contributed by atoms with Crippen molar-refractivity contribution in [2.24, 2.45) is 5.73 Å². The minimum atomic E-state index is -0.0984. The molecule has 1 aliphatic rings. The van der Waals surface area contributed by atoms with Crippen LogP contribution in [0.25, 0.3) is 0 Å². The SMILES string of the molecule is CC(N)CN(C)C(=O)C1CCOc2ccccc21. The van der Waals surface area contributed by atoms with Gasteiger partial charge in [0.2, 0.25) is 5.91 Å². The Kier molecular flexibility index (Phi) is 3.87. The zero-order chi connectivity index (χ0) is 13.1. The molecule has 1 aromatic carbocycles. The van der Waals surface area contributed by atoms with Crippen molar-refractivity contribution in [2.75, 3.05) is 20.2 Å². The van der Waals surface area contributed by atoms with E-state index in [1.165, 1.54) is 0 Å². The molecular formula is C14H20N2O2. The molecule has 2 atom stereocenters. The molecule has 0 spiro atoms. The van der Waals surface area contributed by atoms with Crippen LogP contribution in [0.5, 0.6) is 5.75 Å². The van der Waals surface area contributed by atoms with Gasteiger partial charge in [0.1, 0.15) is 5.75 Å². The largest absolute Gasteiger partial charge is 0.493 e. The average Bonchev–Trinajstić information content (AvgIpc) is 2.36. The Morgan fingerprint density at radius 3 is 3.00 bits per heavy atom. The molecule has 4 heteroatoms. The molecule has 4 nitrogen and oxygen atoms in total. The van der Waals surface area contributed by atoms with E-state index in [2.05, 4.69) is 0 Å². The van der Waals surface area contributed by atoms with Crippen molar-refractivity contribution in [3.8, 4) is 5.75 Å². The molecule has 2 N–H and O–H groups in total. The predicted octanol–water partition coefficient (Wildman–Crippen LogP) is 1.36. The zero-order valence-electron chi connectivity index (χ0n) is 10.9. The van der Waals surface area contributed by atoms with Gasteiger partial charge in [0.25, 0.3) is 0 Å². The van der Waals surface area contributed by atoms with Gasteiger partial charge < -0.3 is 15.4 Å². The predicted molar refractivity (Wildman–Crippen MR) is 70.6 cm³/mol. The third kappa shape index (κ3) is 2.64. The van der Waals surface area contributed by atoms with Crippen molar-refractivity contribution < 1.29 is 9.53 Å². The number of hydrogen-bond donors (Lipinski definition) is 1. The molecule has 98 valence electrons. The molecular weight excluding hydrogens is 228 g/mol. The van der Waals surface area contributed by atoms with Crippen molar-refractivity contribution in [3.05, 3.63) is 29.8 Å². The van der Waals surface area contributed by atoms with E-state index in [0.717, 1.165) is 17.7 Å². The summed E-state index contributed by atoms with van der Waals surface area (Å²) in [6, 6.07) is 7.75. The number of benzene rings is 1. The summed E-state index contributed by atoms with van der Waals surface area (Å²) < 4.78 is 5.57. The number of amides is 1. The Bertz CT molecular complexity index is 432. The average molecular weight is 248 g/mol. The van der Waals surface area contributed by atoms with Gasteiger partial charge in [-0.25, -0.2) is 0 Å². The maximum absolute atomic E-state index is 12.4. The first-order chi connectivity index (χ1) is 8.59. The van der Waals surface area contributed by atoms with Crippen LogP contribution in [0.1, 0.15) is 24.8 Å². The van der Waals surface area contributed by atoms with E-state index in [4.69, 9.17) is 10.5 Å². The Labute approximate surface area is 108 Å². The molecule has 0 saturated carbocycles.